The van der Waals surface area contributed by atoms with Gasteiger partial charge in [-0.15, -0.1) is 0 Å². The molecule has 2 atom stereocenters. The fourth-order valence-corrected chi connectivity index (χ4v) is 2.98. The molecule has 0 heterocycles. The summed E-state index contributed by atoms with van der Waals surface area (Å²) in [7, 11) is 1.69. The number of hydrogen-bond acceptors (Lipinski definition) is 3. The van der Waals surface area contributed by atoms with Gasteiger partial charge < -0.3 is 15.2 Å². The van der Waals surface area contributed by atoms with Gasteiger partial charge in [0.15, 0.2) is 0 Å². The summed E-state index contributed by atoms with van der Waals surface area (Å²) in [4.78, 5) is 0. The SMILES string of the molecule is COc1cccc(CNCC2CCCCC2CO)c1. The lowest BCUT2D eigenvalue weighted by molar-refractivity contribution is 0.133. The Morgan fingerprint density at radius 1 is 1.26 bits per heavy atom. The van der Waals surface area contributed by atoms with Crippen LogP contribution in [0.5, 0.6) is 5.75 Å². The van der Waals surface area contributed by atoms with E-state index < -0.39 is 0 Å². The number of methoxy groups -OCH3 is 1. The second-order valence-corrected chi connectivity index (χ2v) is 5.47. The summed E-state index contributed by atoms with van der Waals surface area (Å²) in [5, 5.41) is 12.9. The molecule has 3 nitrogen and oxygen atoms in total. The molecule has 0 aliphatic heterocycles. The maximum Gasteiger partial charge on any atom is 0.119 e. The first kappa shape index (κ1) is 14.4. The molecule has 0 saturated heterocycles. The van der Waals surface area contributed by atoms with Gasteiger partial charge in [0.05, 0.1) is 7.11 Å². The molecule has 1 aromatic carbocycles. The van der Waals surface area contributed by atoms with Gasteiger partial charge in [-0.2, -0.15) is 0 Å². The molecule has 1 aromatic rings. The van der Waals surface area contributed by atoms with Crippen molar-refractivity contribution in [2.75, 3.05) is 20.3 Å². The van der Waals surface area contributed by atoms with Crippen LogP contribution >= 0.6 is 0 Å². The molecule has 106 valence electrons. The van der Waals surface area contributed by atoms with Crippen molar-refractivity contribution in [3.8, 4) is 5.75 Å². The lowest BCUT2D eigenvalue weighted by Crippen LogP contribution is -2.32. The Hall–Kier alpha value is -1.06. The van der Waals surface area contributed by atoms with Crippen LogP contribution < -0.4 is 10.1 Å². The summed E-state index contributed by atoms with van der Waals surface area (Å²) >= 11 is 0. The number of nitrogens with one attached hydrogen (secondary N) is 1. The van der Waals surface area contributed by atoms with Gasteiger partial charge in [-0.1, -0.05) is 25.0 Å². The Kier molecular flexibility index (Phi) is 5.67. The smallest absolute Gasteiger partial charge is 0.119 e. The molecular weight excluding hydrogens is 238 g/mol. The topological polar surface area (TPSA) is 41.5 Å². The van der Waals surface area contributed by atoms with Crippen LogP contribution in [-0.2, 0) is 6.54 Å². The van der Waals surface area contributed by atoms with Gasteiger partial charge in [-0.3, -0.25) is 0 Å². The summed E-state index contributed by atoms with van der Waals surface area (Å²) < 4.78 is 5.22. The molecule has 1 saturated carbocycles. The van der Waals surface area contributed by atoms with E-state index in [1.807, 2.05) is 12.1 Å². The molecule has 0 aromatic heterocycles. The molecule has 1 fully saturated rings. The first-order valence-corrected chi connectivity index (χ1v) is 7.28. The molecular formula is C16H25NO2. The van der Waals surface area contributed by atoms with Crippen LogP contribution in [0.15, 0.2) is 24.3 Å². The van der Waals surface area contributed by atoms with Gasteiger partial charge in [0.2, 0.25) is 0 Å². The first-order valence-electron chi connectivity index (χ1n) is 7.28. The van der Waals surface area contributed by atoms with E-state index in [0.717, 1.165) is 18.8 Å². The molecule has 2 unspecified atom stereocenters. The summed E-state index contributed by atoms with van der Waals surface area (Å²) in [6, 6.07) is 8.16. The van der Waals surface area contributed by atoms with Crippen molar-refractivity contribution < 1.29 is 9.84 Å². The molecule has 19 heavy (non-hydrogen) atoms. The standard InChI is InChI=1S/C16H25NO2/c1-19-16-8-4-5-13(9-16)10-17-11-14-6-2-3-7-15(14)12-18/h4-5,8-9,14-15,17-18H,2-3,6-7,10-12H2,1H3. The molecule has 0 bridgehead atoms. The first-order chi connectivity index (χ1) is 9.33. The van der Waals surface area contributed by atoms with E-state index in [0.29, 0.717) is 18.4 Å². The minimum Gasteiger partial charge on any atom is -0.497 e. The van der Waals surface area contributed by atoms with Crippen LogP contribution in [0.3, 0.4) is 0 Å². The van der Waals surface area contributed by atoms with E-state index >= 15 is 0 Å². The van der Waals surface area contributed by atoms with Gasteiger partial charge in [0, 0.05) is 13.2 Å². The van der Waals surface area contributed by atoms with E-state index in [1.165, 1.54) is 31.2 Å². The minimum absolute atomic E-state index is 0.339. The van der Waals surface area contributed by atoms with E-state index in [2.05, 4.69) is 17.4 Å². The van der Waals surface area contributed by atoms with Gasteiger partial charge in [-0.25, -0.2) is 0 Å². The largest absolute Gasteiger partial charge is 0.497 e. The lowest BCUT2D eigenvalue weighted by atomic mass is 9.79. The quantitative estimate of drug-likeness (QED) is 0.829. The van der Waals surface area contributed by atoms with Crippen LogP contribution in [0.2, 0.25) is 0 Å². The lowest BCUT2D eigenvalue weighted by Gasteiger charge is -2.30. The Morgan fingerprint density at radius 2 is 2.05 bits per heavy atom. The normalized spacial score (nSPS) is 23.3. The Balaban J connectivity index is 1.78. The average Bonchev–Trinajstić information content (AvgIpc) is 2.48. The summed E-state index contributed by atoms with van der Waals surface area (Å²) in [5.74, 6) is 2.03. The molecule has 3 heteroatoms. The van der Waals surface area contributed by atoms with Crippen molar-refractivity contribution in [1.29, 1.82) is 0 Å². The molecule has 1 aliphatic rings. The summed E-state index contributed by atoms with van der Waals surface area (Å²) in [6.07, 6.45) is 5.01. The van der Waals surface area contributed by atoms with Crippen LogP contribution in [0, 0.1) is 11.8 Å². The second kappa shape index (κ2) is 7.51. The zero-order valence-corrected chi connectivity index (χ0v) is 11.8. The van der Waals surface area contributed by atoms with Crippen LogP contribution in [0.1, 0.15) is 31.2 Å². The number of rotatable bonds is 6. The number of hydrogen-bond donors (Lipinski definition) is 2. The molecule has 2 rings (SSSR count). The number of aliphatic hydroxyl groups is 1. The fourth-order valence-electron chi connectivity index (χ4n) is 2.98. The summed E-state index contributed by atoms with van der Waals surface area (Å²) in [6.45, 7) is 2.21. The predicted octanol–water partition coefficient (Wildman–Crippen LogP) is 2.58. The Bertz CT molecular complexity index is 381. The van der Waals surface area contributed by atoms with E-state index in [9.17, 15) is 5.11 Å². The summed E-state index contributed by atoms with van der Waals surface area (Å²) in [5.41, 5.74) is 1.25. The van der Waals surface area contributed by atoms with Crippen LogP contribution in [-0.4, -0.2) is 25.4 Å². The van der Waals surface area contributed by atoms with Crippen molar-refractivity contribution in [2.45, 2.75) is 32.2 Å². The maximum atomic E-state index is 9.40. The highest BCUT2D eigenvalue weighted by Crippen LogP contribution is 2.29. The highest BCUT2D eigenvalue weighted by atomic mass is 16.5. The average molecular weight is 263 g/mol. The van der Waals surface area contributed by atoms with E-state index in [-0.39, 0.29) is 0 Å². The third kappa shape index (κ3) is 4.22. The molecule has 1 aliphatic carbocycles. The minimum atomic E-state index is 0.339. The van der Waals surface area contributed by atoms with Crippen molar-refractivity contribution in [1.82, 2.24) is 5.32 Å². The van der Waals surface area contributed by atoms with E-state index in [4.69, 9.17) is 4.74 Å². The van der Waals surface area contributed by atoms with Crippen molar-refractivity contribution in [3.63, 3.8) is 0 Å². The monoisotopic (exact) mass is 263 g/mol. The van der Waals surface area contributed by atoms with Crippen molar-refractivity contribution in [2.24, 2.45) is 11.8 Å². The molecule has 0 radical (unpaired) electrons. The third-order valence-corrected chi connectivity index (χ3v) is 4.17. The number of ether oxygens (including phenoxy) is 1. The van der Waals surface area contributed by atoms with E-state index in [1.54, 1.807) is 7.11 Å². The van der Waals surface area contributed by atoms with Gasteiger partial charge in [0.1, 0.15) is 5.75 Å². The zero-order chi connectivity index (χ0) is 13.5. The fraction of sp³-hybridized carbons (Fsp3) is 0.625. The second-order valence-electron chi connectivity index (χ2n) is 5.47. The predicted molar refractivity (Wildman–Crippen MR) is 77.2 cm³/mol. The Morgan fingerprint density at radius 3 is 2.79 bits per heavy atom. The van der Waals surface area contributed by atoms with Gasteiger partial charge in [-0.05, 0) is 48.9 Å². The molecule has 0 spiro atoms. The highest BCUT2D eigenvalue weighted by Gasteiger charge is 2.23. The number of aliphatic hydroxyl groups excluding tert-OH is 1. The van der Waals surface area contributed by atoms with Gasteiger partial charge in [0.25, 0.3) is 0 Å². The Labute approximate surface area is 116 Å². The third-order valence-electron chi connectivity index (χ3n) is 4.17. The highest BCUT2D eigenvalue weighted by molar-refractivity contribution is 5.28. The zero-order valence-electron chi connectivity index (χ0n) is 11.8. The molecule has 0 amide bonds. The maximum absolute atomic E-state index is 9.40. The van der Waals surface area contributed by atoms with Crippen molar-refractivity contribution >= 4 is 0 Å². The van der Waals surface area contributed by atoms with Crippen LogP contribution in [0.25, 0.3) is 0 Å². The van der Waals surface area contributed by atoms with Gasteiger partial charge >= 0.3 is 0 Å². The van der Waals surface area contributed by atoms with Crippen molar-refractivity contribution in [3.05, 3.63) is 29.8 Å². The molecule has 2 N–H and O–H groups in total. The van der Waals surface area contributed by atoms with Crippen LogP contribution in [0.4, 0.5) is 0 Å². The number of benzene rings is 1.